The van der Waals surface area contributed by atoms with Gasteiger partial charge in [0.15, 0.2) is 0 Å². The first-order valence-electron chi connectivity index (χ1n) is 4.97. The Balaban J connectivity index is 2.49. The predicted molar refractivity (Wildman–Crippen MR) is 65.7 cm³/mol. The van der Waals surface area contributed by atoms with E-state index in [-0.39, 0.29) is 5.75 Å². The fraction of sp³-hybridized carbons (Fsp3) is 0.500. The Morgan fingerprint density at radius 1 is 1.35 bits per heavy atom. The first-order chi connectivity index (χ1) is 7.90. The van der Waals surface area contributed by atoms with Gasteiger partial charge in [0.2, 0.25) is 10.0 Å². The summed E-state index contributed by atoms with van der Waals surface area (Å²) in [4.78, 5) is 8.13. The van der Waals surface area contributed by atoms with E-state index in [1.165, 1.54) is 0 Å². The molecule has 0 atom stereocenters. The number of sulfonamides is 1. The largest absolute Gasteiger partial charge is 0.370 e. The number of nitrogen functional groups attached to an aromatic ring is 1. The zero-order chi connectivity index (χ0) is 12.9. The average molecular weight is 260 g/mol. The zero-order valence-corrected chi connectivity index (χ0v) is 10.3. The summed E-state index contributed by atoms with van der Waals surface area (Å²) in [5.74, 6) is 6.81. The number of hydrogen-bond donors (Lipinski definition) is 4. The molecule has 17 heavy (non-hydrogen) atoms. The van der Waals surface area contributed by atoms with Gasteiger partial charge in [-0.05, 0) is 13.3 Å². The van der Waals surface area contributed by atoms with Crippen LogP contribution in [0.1, 0.15) is 12.2 Å². The van der Waals surface area contributed by atoms with Crippen LogP contribution in [0.25, 0.3) is 0 Å². The molecular formula is C8H16N6O2S. The van der Waals surface area contributed by atoms with E-state index >= 15 is 0 Å². The number of rotatable bonds is 6. The number of aromatic nitrogens is 2. The molecule has 0 saturated heterocycles. The summed E-state index contributed by atoms with van der Waals surface area (Å²) < 4.78 is 21.4. The molecule has 1 aromatic heterocycles. The first kappa shape index (κ1) is 13.6. The van der Waals surface area contributed by atoms with Crippen molar-refractivity contribution in [1.82, 2.24) is 9.97 Å². The van der Waals surface area contributed by atoms with Gasteiger partial charge in [-0.3, -0.25) is 0 Å². The molecule has 0 unspecified atom stereocenters. The van der Waals surface area contributed by atoms with Crippen molar-refractivity contribution in [2.75, 3.05) is 23.0 Å². The van der Waals surface area contributed by atoms with Gasteiger partial charge in [0.1, 0.15) is 17.5 Å². The molecule has 8 nitrogen and oxygen atoms in total. The van der Waals surface area contributed by atoms with E-state index in [0.717, 1.165) is 0 Å². The van der Waals surface area contributed by atoms with Crippen LogP contribution in [0.3, 0.4) is 0 Å². The van der Waals surface area contributed by atoms with Crippen LogP contribution in [0.2, 0.25) is 0 Å². The molecule has 0 fully saturated rings. The molecule has 0 spiro atoms. The van der Waals surface area contributed by atoms with Crippen LogP contribution in [0.15, 0.2) is 6.07 Å². The van der Waals surface area contributed by atoms with Gasteiger partial charge in [-0.1, -0.05) is 0 Å². The van der Waals surface area contributed by atoms with Crippen molar-refractivity contribution in [3.8, 4) is 0 Å². The maximum absolute atomic E-state index is 10.7. The molecule has 0 aromatic carbocycles. The molecule has 1 rings (SSSR count). The van der Waals surface area contributed by atoms with Crippen LogP contribution < -0.4 is 21.7 Å². The Morgan fingerprint density at radius 3 is 2.59 bits per heavy atom. The smallest absolute Gasteiger partial charge is 0.209 e. The lowest BCUT2D eigenvalue weighted by molar-refractivity contribution is 0.595. The first-order valence-corrected chi connectivity index (χ1v) is 6.69. The molecule has 6 N–H and O–H groups in total. The van der Waals surface area contributed by atoms with E-state index in [1.807, 2.05) is 0 Å². The quantitative estimate of drug-likeness (QED) is 0.297. The summed E-state index contributed by atoms with van der Waals surface area (Å²) >= 11 is 0. The predicted octanol–water partition coefficient (Wildman–Crippen LogP) is -0.839. The minimum atomic E-state index is -3.40. The molecule has 9 heteroatoms. The molecule has 96 valence electrons. The maximum Gasteiger partial charge on any atom is 0.209 e. The van der Waals surface area contributed by atoms with Crippen LogP contribution in [-0.4, -0.2) is 30.7 Å². The highest BCUT2D eigenvalue weighted by molar-refractivity contribution is 7.89. The number of nitrogens with one attached hydrogen (secondary N) is 2. The summed E-state index contributed by atoms with van der Waals surface area (Å²) in [5, 5.41) is 7.84. The monoisotopic (exact) mass is 260 g/mol. The number of hydrogen-bond acceptors (Lipinski definition) is 7. The minimum Gasteiger partial charge on any atom is -0.370 e. The second-order valence-electron chi connectivity index (χ2n) is 3.48. The summed E-state index contributed by atoms with van der Waals surface area (Å²) in [6, 6.07) is 1.63. The third kappa shape index (κ3) is 5.43. The van der Waals surface area contributed by atoms with E-state index in [1.54, 1.807) is 13.0 Å². The van der Waals surface area contributed by atoms with E-state index < -0.39 is 10.0 Å². The Labute approximate surface area is 99.8 Å². The van der Waals surface area contributed by atoms with Crippen LogP contribution in [0.5, 0.6) is 0 Å². The van der Waals surface area contributed by atoms with Gasteiger partial charge in [0.25, 0.3) is 0 Å². The minimum absolute atomic E-state index is 0.0634. The third-order valence-corrected chi connectivity index (χ3v) is 2.76. The van der Waals surface area contributed by atoms with Crippen molar-refractivity contribution >= 4 is 21.7 Å². The lowest BCUT2D eigenvalue weighted by Crippen LogP contribution is -2.19. The van der Waals surface area contributed by atoms with Crippen LogP contribution in [0.4, 0.5) is 11.6 Å². The zero-order valence-electron chi connectivity index (χ0n) is 9.47. The van der Waals surface area contributed by atoms with Gasteiger partial charge >= 0.3 is 0 Å². The van der Waals surface area contributed by atoms with Crippen molar-refractivity contribution in [2.45, 2.75) is 13.3 Å². The van der Waals surface area contributed by atoms with Crippen molar-refractivity contribution in [3.63, 3.8) is 0 Å². The molecule has 0 aliphatic heterocycles. The van der Waals surface area contributed by atoms with Gasteiger partial charge in [-0.25, -0.2) is 29.4 Å². The standard InChI is InChI=1S/C8H16N6O2S/c1-6-12-7(5-8(13-6)14-9)11-3-2-4-17(10,15)16/h5H,2-4,9H2,1H3,(H2,10,15,16)(H2,11,12,13,14). The van der Waals surface area contributed by atoms with E-state index in [4.69, 9.17) is 11.0 Å². The Bertz CT molecular complexity index is 475. The second kappa shape index (κ2) is 5.75. The van der Waals surface area contributed by atoms with Crippen LogP contribution in [0, 0.1) is 6.92 Å². The van der Waals surface area contributed by atoms with Gasteiger partial charge in [0.05, 0.1) is 5.75 Å². The Morgan fingerprint density at radius 2 is 2.00 bits per heavy atom. The molecular weight excluding hydrogens is 244 g/mol. The summed E-state index contributed by atoms with van der Waals surface area (Å²) in [6.07, 6.45) is 0.410. The SMILES string of the molecule is Cc1nc(NN)cc(NCCCS(N)(=O)=O)n1. The van der Waals surface area contributed by atoms with Crippen molar-refractivity contribution < 1.29 is 8.42 Å². The fourth-order valence-electron chi connectivity index (χ4n) is 1.22. The summed E-state index contributed by atoms with van der Waals surface area (Å²) in [7, 11) is -3.40. The molecule has 1 heterocycles. The van der Waals surface area contributed by atoms with Crippen LogP contribution >= 0.6 is 0 Å². The molecule has 0 amide bonds. The van der Waals surface area contributed by atoms with Gasteiger partial charge in [-0.2, -0.15) is 0 Å². The number of primary sulfonamides is 1. The lowest BCUT2D eigenvalue weighted by atomic mass is 10.4. The molecule has 0 radical (unpaired) electrons. The number of hydrazine groups is 1. The van der Waals surface area contributed by atoms with Gasteiger partial charge in [0, 0.05) is 12.6 Å². The molecule has 0 aliphatic rings. The Hall–Kier alpha value is -1.45. The highest BCUT2D eigenvalue weighted by Crippen LogP contribution is 2.09. The van der Waals surface area contributed by atoms with Crippen molar-refractivity contribution in [1.29, 1.82) is 0 Å². The highest BCUT2D eigenvalue weighted by atomic mass is 32.2. The highest BCUT2D eigenvalue weighted by Gasteiger charge is 2.03. The molecule has 0 aliphatic carbocycles. The normalized spacial score (nSPS) is 11.2. The summed E-state index contributed by atoms with van der Waals surface area (Å²) in [5.41, 5.74) is 2.42. The van der Waals surface area contributed by atoms with Gasteiger partial charge < -0.3 is 10.7 Å². The van der Waals surface area contributed by atoms with Crippen molar-refractivity contribution in [2.24, 2.45) is 11.0 Å². The number of nitrogens with two attached hydrogens (primary N) is 2. The Kier molecular flexibility index (Phi) is 4.61. The summed E-state index contributed by atoms with van der Waals surface area (Å²) in [6.45, 7) is 2.19. The molecule has 0 saturated carbocycles. The maximum atomic E-state index is 10.7. The number of aryl methyl sites for hydroxylation is 1. The van der Waals surface area contributed by atoms with E-state index in [0.29, 0.717) is 30.4 Å². The lowest BCUT2D eigenvalue weighted by Gasteiger charge is -2.07. The number of nitrogens with zero attached hydrogens (tertiary/aromatic N) is 2. The third-order valence-electron chi connectivity index (χ3n) is 1.90. The van der Waals surface area contributed by atoms with E-state index in [9.17, 15) is 8.42 Å². The molecule has 1 aromatic rings. The molecule has 0 bridgehead atoms. The second-order valence-corrected chi connectivity index (χ2v) is 5.21. The number of anilines is 2. The fourth-order valence-corrected chi connectivity index (χ4v) is 1.77. The average Bonchev–Trinajstić information content (AvgIpc) is 2.22. The van der Waals surface area contributed by atoms with Crippen molar-refractivity contribution in [3.05, 3.63) is 11.9 Å². The van der Waals surface area contributed by atoms with Gasteiger partial charge in [-0.15, -0.1) is 0 Å². The topological polar surface area (TPSA) is 136 Å². The van der Waals surface area contributed by atoms with Crippen LogP contribution in [-0.2, 0) is 10.0 Å². The van der Waals surface area contributed by atoms with E-state index in [2.05, 4.69) is 20.7 Å².